The van der Waals surface area contributed by atoms with E-state index >= 15 is 0 Å². The molecule has 0 saturated carbocycles. The number of nitrogens with zero attached hydrogens (tertiary/aromatic N) is 4. The predicted octanol–water partition coefficient (Wildman–Crippen LogP) is 2.17. The van der Waals surface area contributed by atoms with Gasteiger partial charge in [-0.05, 0) is 44.4 Å². The van der Waals surface area contributed by atoms with E-state index in [0.717, 1.165) is 23.6 Å². The molecule has 0 saturated heterocycles. The molecule has 2 heterocycles. The number of amides is 1. The molecular weight excluding hydrogens is 314 g/mol. The first-order chi connectivity index (χ1) is 12.1. The summed E-state index contributed by atoms with van der Waals surface area (Å²) < 4.78 is 3.69. The summed E-state index contributed by atoms with van der Waals surface area (Å²) in [6, 6.07) is 15.5. The van der Waals surface area contributed by atoms with Gasteiger partial charge in [-0.25, -0.2) is 4.68 Å². The molecule has 0 spiro atoms. The lowest BCUT2D eigenvalue weighted by atomic mass is 10.2. The summed E-state index contributed by atoms with van der Waals surface area (Å²) in [4.78, 5) is 14.7. The van der Waals surface area contributed by atoms with Crippen molar-refractivity contribution in [1.82, 2.24) is 24.6 Å². The van der Waals surface area contributed by atoms with E-state index in [2.05, 4.69) is 10.4 Å². The summed E-state index contributed by atoms with van der Waals surface area (Å²) in [6.45, 7) is 1.38. The molecule has 0 aliphatic heterocycles. The van der Waals surface area contributed by atoms with E-state index in [4.69, 9.17) is 0 Å². The number of aryl methyl sites for hydroxylation is 1. The Bertz CT molecular complexity index is 848. The number of likely N-dealkylation sites (N-methyl/N-ethyl adjacent to an activating group) is 1. The van der Waals surface area contributed by atoms with E-state index in [9.17, 15) is 4.79 Å². The Morgan fingerprint density at radius 2 is 1.92 bits per heavy atom. The van der Waals surface area contributed by atoms with Crippen molar-refractivity contribution >= 4 is 5.91 Å². The largest absolute Gasteiger partial charge is 0.349 e. The molecule has 0 bridgehead atoms. The van der Waals surface area contributed by atoms with Gasteiger partial charge < -0.3 is 14.8 Å². The molecule has 0 fully saturated rings. The minimum atomic E-state index is -0.126. The van der Waals surface area contributed by atoms with Crippen molar-refractivity contribution in [2.45, 2.75) is 0 Å². The summed E-state index contributed by atoms with van der Waals surface area (Å²) in [7, 11) is 5.93. The molecule has 0 aliphatic rings. The normalized spacial score (nSPS) is 11.0. The Balaban J connectivity index is 1.96. The predicted molar refractivity (Wildman–Crippen MR) is 98.9 cm³/mol. The van der Waals surface area contributed by atoms with Crippen molar-refractivity contribution < 1.29 is 4.79 Å². The van der Waals surface area contributed by atoms with Gasteiger partial charge in [0.1, 0.15) is 11.4 Å². The molecule has 0 unspecified atom stereocenters. The number of aromatic nitrogens is 3. The summed E-state index contributed by atoms with van der Waals surface area (Å²) in [5.41, 5.74) is 3.13. The molecule has 6 nitrogen and oxygen atoms in total. The molecule has 0 atom stereocenters. The van der Waals surface area contributed by atoms with Crippen LogP contribution in [0.5, 0.6) is 0 Å². The van der Waals surface area contributed by atoms with E-state index in [1.165, 1.54) is 0 Å². The van der Waals surface area contributed by atoms with Gasteiger partial charge in [-0.2, -0.15) is 5.10 Å². The second kappa shape index (κ2) is 7.36. The fourth-order valence-electron chi connectivity index (χ4n) is 2.64. The number of hydrogen-bond donors (Lipinski definition) is 1. The van der Waals surface area contributed by atoms with Crippen LogP contribution in [-0.4, -0.2) is 52.3 Å². The van der Waals surface area contributed by atoms with Crippen LogP contribution >= 0.6 is 0 Å². The third-order valence-electron chi connectivity index (χ3n) is 3.99. The third-order valence-corrected chi connectivity index (χ3v) is 3.99. The SMILES string of the molecule is CN(C)CCNC(=O)c1cc(-c2cccn2C)nn1-c1ccccc1. The fraction of sp³-hybridized carbons (Fsp3) is 0.263. The Morgan fingerprint density at radius 3 is 2.56 bits per heavy atom. The maximum atomic E-state index is 12.7. The Hall–Kier alpha value is -2.86. The van der Waals surface area contributed by atoms with E-state index in [-0.39, 0.29) is 5.91 Å². The maximum Gasteiger partial charge on any atom is 0.270 e. The zero-order valence-corrected chi connectivity index (χ0v) is 14.8. The molecule has 25 heavy (non-hydrogen) atoms. The number of rotatable bonds is 6. The minimum Gasteiger partial charge on any atom is -0.349 e. The van der Waals surface area contributed by atoms with Crippen molar-refractivity contribution in [3.63, 3.8) is 0 Å². The summed E-state index contributed by atoms with van der Waals surface area (Å²) >= 11 is 0. The Morgan fingerprint density at radius 1 is 1.16 bits per heavy atom. The van der Waals surface area contributed by atoms with Gasteiger partial charge in [0.25, 0.3) is 5.91 Å². The number of carbonyl (C=O) groups excluding carboxylic acids is 1. The van der Waals surface area contributed by atoms with Crippen molar-refractivity contribution in [3.05, 3.63) is 60.4 Å². The average Bonchev–Trinajstić information content (AvgIpc) is 3.21. The topological polar surface area (TPSA) is 55.1 Å². The van der Waals surface area contributed by atoms with Crippen molar-refractivity contribution in [1.29, 1.82) is 0 Å². The van der Waals surface area contributed by atoms with Crippen LogP contribution in [0, 0.1) is 0 Å². The zero-order chi connectivity index (χ0) is 17.8. The first kappa shape index (κ1) is 17.0. The van der Waals surface area contributed by atoms with Crippen LogP contribution < -0.4 is 5.32 Å². The van der Waals surface area contributed by atoms with E-state index in [1.807, 2.05) is 85.3 Å². The van der Waals surface area contributed by atoms with Crippen LogP contribution in [0.3, 0.4) is 0 Å². The molecule has 3 rings (SSSR count). The molecule has 0 aliphatic carbocycles. The van der Waals surface area contributed by atoms with Gasteiger partial charge in [-0.3, -0.25) is 4.79 Å². The zero-order valence-electron chi connectivity index (χ0n) is 14.8. The standard InChI is InChI=1S/C19H23N5O/c1-22(2)13-11-20-19(25)18-14-16(17-10-7-12-23(17)3)21-24(18)15-8-5-4-6-9-15/h4-10,12,14H,11,13H2,1-3H3,(H,20,25). The van der Waals surface area contributed by atoms with E-state index in [0.29, 0.717) is 12.2 Å². The molecule has 0 radical (unpaired) electrons. The molecule has 1 amide bonds. The van der Waals surface area contributed by atoms with Crippen molar-refractivity contribution in [2.24, 2.45) is 7.05 Å². The number of para-hydroxylation sites is 1. The fourth-order valence-corrected chi connectivity index (χ4v) is 2.64. The smallest absolute Gasteiger partial charge is 0.270 e. The minimum absolute atomic E-state index is 0.126. The van der Waals surface area contributed by atoms with Gasteiger partial charge in [-0.15, -0.1) is 0 Å². The quantitative estimate of drug-likeness (QED) is 0.750. The van der Waals surface area contributed by atoms with Gasteiger partial charge in [0, 0.05) is 26.3 Å². The maximum absolute atomic E-state index is 12.7. The summed E-state index contributed by atoms with van der Waals surface area (Å²) in [5.74, 6) is -0.126. The van der Waals surface area contributed by atoms with Crippen LogP contribution in [0.25, 0.3) is 17.1 Å². The van der Waals surface area contributed by atoms with Crippen LogP contribution in [0.15, 0.2) is 54.7 Å². The number of nitrogens with one attached hydrogen (secondary N) is 1. The molecule has 1 aromatic carbocycles. The van der Waals surface area contributed by atoms with Crippen LogP contribution in [-0.2, 0) is 7.05 Å². The molecule has 1 N–H and O–H groups in total. The van der Waals surface area contributed by atoms with Gasteiger partial charge in [0.2, 0.25) is 0 Å². The first-order valence-electron chi connectivity index (χ1n) is 8.26. The number of hydrogen-bond acceptors (Lipinski definition) is 3. The van der Waals surface area contributed by atoms with Gasteiger partial charge in [0.15, 0.2) is 0 Å². The van der Waals surface area contributed by atoms with E-state index < -0.39 is 0 Å². The van der Waals surface area contributed by atoms with Crippen LogP contribution in [0.2, 0.25) is 0 Å². The van der Waals surface area contributed by atoms with Crippen LogP contribution in [0.4, 0.5) is 0 Å². The molecule has 3 aromatic rings. The second-order valence-corrected chi connectivity index (χ2v) is 6.23. The highest BCUT2D eigenvalue weighted by atomic mass is 16.2. The molecule has 2 aromatic heterocycles. The lowest BCUT2D eigenvalue weighted by molar-refractivity contribution is 0.0943. The molecule has 130 valence electrons. The summed E-state index contributed by atoms with van der Waals surface area (Å²) in [6.07, 6.45) is 1.97. The van der Waals surface area contributed by atoms with Crippen molar-refractivity contribution in [3.8, 4) is 17.1 Å². The lowest BCUT2D eigenvalue weighted by Gasteiger charge is -2.11. The van der Waals surface area contributed by atoms with Gasteiger partial charge >= 0.3 is 0 Å². The van der Waals surface area contributed by atoms with Crippen LogP contribution in [0.1, 0.15) is 10.5 Å². The monoisotopic (exact) mass is 337 g/mol. The highest BCUT2D eigenvalue weighted by Crippen LogP contribution is 2.21. The van der Waals surface area contributed by atoms with Gasteiger partial charge in [-0.1, -0.05) is 18.2 Å². The second-order valence-electron chi connectivity index (χ2n) is 6.23. The Kier molecular flexibility index (Phi) is 5.00. The molecule has 6 heteroatoms. The van der Waals surface area contributed by atoms with Crippen molar-refractivity contribution in [2.75, 3.05) is 27.2 Å². The molecular formula is C19H23N5O. The highest BCUT2D eigenvalue weighted by Gasteiger charge is 2.18. The lowest BCUT2D eigenvalue weighted by Crippen LogP contribution is -2.32. The summed E-state index contributed by atoms with van der Waals surface area (Å²) in [5, 5.41) is 7.64. The van der Waals surface area contributed by atoms with E-state index in [1.54, 1.807) is 4.68 Å². The highest BCUT2D eigenvalue weighted by molar-refractivity contribution is 5.94. The number of carbonyl (C=O) groups is 1. The first-order valence-corrected chi connectivity index (χ1v) is 8.26. The Labute approximate surface area is 147 Å². The third kappa shape index (κ3) is 3.80. The average molecular weight is 337 g/mol. The van der Waals surface area contributed by atoms with Gasteiger partial charge in [0.05, 0.1) is 11.4 Å². The number of benzene rings is 1.